The predicted octanol–water partition coefficient (Wildman–Crippen LogP) is 2.23. The van der Waals surface area contributed by atoms with E-state index in [-0.39, 0.29) is 0 Å². The van der Waals surface area contributed by atoms with Gasteiger partial charge < -0.3 is 10.3 Å². The number of fused-ring (bicyclic) bond motifs is 1. The van der Waals surface area contributed by atoms with E-state index in [4.69, 9.17) is 12.2 Å². The second-order valence-electron chi connectivity index (χ2n) is 3.11. The van der Waals surface area contributed by atoms with Crippen LogP contribution in [0.15, 0.2) is 0 Å². The van der Waals surface area contributed by atoms with Crippen molar-refractivity contribution in [2.75, 3.05) is 0 Å². The Kier molecular flexibility index (Phi) is 2.30. The molecule has 1 aliphatic heterocycles. The number of hydrogen-bond acceptors (Lipinski definition) is 3. The fraction of sp³-hybridized carbons (Fsp3) is 0.625. The third-order valence-corrected chi connectivity index (χ3v) is 3.58. The van der Waals surface area contributed by atoms with Gasteiger partial charge in [0.1, 0.15) is 0 Å². The Balaban J connectivity index is 2.28. The van der Waals surface area contributed by atoms with Crippen LogP contribution in [-0.2, 0) is 13.0 Å². The molecule has 1 aromatic heterocycles. The molecule has 1 atom stereocenters. The Morgan fingerprint density at radius 2 is 2.50 bits per heavy atom. The lowest BCUT2D eigenvalue weighted by molar-refractivity contribution is 0.467. The second kappa shape index (κ2) is 3.28. The first kappa shape index (κ1) is 8.41. The van der Waals surface area contributed by atoms with E-state index in [1.165, 1.54) is 17.0 Å². The molecular weight excluding hydrogens is 188 g/mol. The summed E-state index contributed by atoms with van der Waals surface area (Å²) in [5.74, 6) is 0. The van der Waals surface area contributed by atoms with Crippen molar-refractivity contribution in [1.82, 2.24) is 10.3 Å². The normalized spacial score (nSPS) is 22.2. The molecule has 0 aliphatic carbocycles. The monoisotopic (exact) mass is 200 g/mol. The van der Waals surface area contributed by atoms with Crippen molar-refractivity contribution in [3.8, 4) is 0 Å². The van der Waals surface area contributed by atoms with E-state index >= 15 is 0 Å². The van der Waals surface area contributed by atoms with E-state index in [9.17, 15) is 0 Å². The van der Waals surface area contributed by atoms with Crippen LogP contribution < -0.4 is 5.32 Å². The van der Waals surface area contributed by atoms with Gasteiger partial charge >= 0.3 is 0 Å². The van der Waals surface area contributed by atoms with E-state index in [0.717, 1.165) is 16.9 Å². The highest BCUT2D eigenvalue weighted by Crippen LogP contribution is 2.21. The molecule has 0 fully saturated rings. The number of nitrogens with one attached hydrogen (secondary N) is 2. The van der Waals surface area contributed by atoms with Gasteiger partial charge in [-0.3, -0.25) is 0 Å². The summed E-state index contributed by atoms with van der Waals surface area (Å²) >= 11 is 6.79. The number of hydrogen-bond donors (Lipinski definition) is 2. The molecule has 1 aromatic rings. The van der Waals surface area contributed by atoms with Crippen molar-refractivity contribution in [2.45, 2.75) is 32.4 Å². The summed E-state index contributed by atoms with van der Waals surface area (Å²) in [6.07, 6.45) is 2.30. The highest BCUT2D eigenvalue weighted by atomic mass is 32.1. The molecule has 12 heavy (non-hydrogen) atoms. The Morgan fingerprint density at radius 3 is 3.25 bits per heavy atom. The quantitative estimate of drug-likeness (QED) is 0.680. The summed E-state index contributed by atoms with van der Waals surface area (Å²) in [4.78, 5) is 4.65. The Labute approximate surface area is 81.0 Å². The molecule has 66 valence electrons. The predicted molar refractivity (Wildman–Crippen MR) is 54.1 cm³/mol. The van der Waals surface area contributed by atoms with E-state index in [1.54, 1.807) is 11.3 Å². The summed E-state index contributed by atoms with van der Waals surface area (Å²) < 4.78 is 0.915. The van der Waals surface area contributed by atoms with Crippen LogP contribution >= 0.6 is 23.6 Å². The summed E-state index contributed by atoms with van der Waals surface area (Å²) in [5.41, 5.74) is 1.36. The molecule has 0 aromatic carbocycles. The van der Waals surface area contributed by atoms with Crippen LogP contribution in [0, 0.1) is 3.95 Å². The molecular formula is C8H12N2S2. The van der Waals surface area contributed by atoms with Gasteiger partial charge in [0.2, 0.25) is 0 Å². The minimum Gasteiger partial charge on any atom is -0.341 e. The highest BCUT2D eigenvalue weighted by molar-refractivity contribution is 7.73. The van der Waals surface area contributed by atoms with Crippen molar-refractivity contribution < 1.29 is 0 Å². The minimum absolute atomic E-state index is 0.637. The third-order valence-electron chi connectivity index (χ3n) is 2.30. The molecule has 2 nitrogen and oxygen atoms in total. The van der Waals surface area contributed by atoms with Crippen LogP contribution in [0.2, 0.25) is 0 Å². The molecule has 2 heterocycles. The lowest BCUT2D eigenvalue weighted by Crippen LogP contribution is -2.34. The van der Waals surface area contributed by atoms with Gasteiger partial charge in [-0.05, 0) is 18.6 Å². The van der Waals surface area contributed by atoms with Gasteiger partial charge in [-0.2, -0.15) is 0 Å². The van der Waals surface area contributed by atoms with Crippen LogP contribution in [0.25, 0.3) is 0 Å². The third kappa shape index (κ3) is 1.46. The van der Waals surface area contributed by atoms with Crippen molar-refractivity contribution >= 4 is 23.6 Å². The average molecular weight is 200 g/mol. The van der Waals surface area contributed by atoms with Crippen molar-refractivity contribution in [3.63, 3.8) is 0 Å². The molecule has 0 saturated carbocycles. The molecule has 0 bridgehead atoms. The Morgan fingerprint density at radius 1 is 1.67 bits per heavy atom. The zero-order valence-electron chi connectivity index (χ0n) is 7.02. The van der Waals surface area contributed by atoms with Gasteiger partial charge in [0.25, 0.3) is 0 Å². The van der Waals surface area contributed by atoms with Crippen LogP contribution in [0.3, 0.4) is 0 Å². The molecule has 0 spiro atoms. The molecule has 2 rings (SSSR count). The molecule has 4 heteroatoms. The first-order valence-electron chi connectivity index (χ1n) is 4.24. The van der Waals surface area contributed by atoms with Gasteiger partial charge in [-0.1, -0.05) is 6.92 Å². The number of aromatic amines is 1. The highest BCUT2D eigenvalue weighted by Gasteiger charge is 2.17. The number of H-pyrrole nitrogens is 1. The first-order valence-corrected chi connectivity index (χ1v) is 5.46. The minimum atomic E-state index is 0.637. The summed E-state index contributed by atoms with van der Waals surface area (Å²) in [5, 5.41) is 3.48. The summed E-state index contributed by atoms with van der Waals surface area (Å²) in [7, 11) is 0. The number of thiazole rings is 1. The van der Waals surface area contributed by atoms with Gasteiger partial charge in [0.15, 0.2) is 3.95 Å². The molecule has 0 unspecified atom stereocenters. The fourth-order valence-electron chi connectivity index (χ4n) is 1.54. The molecule has 0 saturated heterocycles. The van der Waals surface area contributed by atoms with Crippen LogP contribution in [0.4, 0.5) is 0 Å². The lowest BCUT2D eigenvalue weighted by atomic mass is 10.0. The topological polar surface area (TPSA) is 27.8 Å². The molecule has 0 radical (unpaired) electrons. The summed E-state index contributed by atoms with van der Waals surface area (Å²) in [6.45, 7) is 3.20. The van der Waals surface area contributed by atoms with Gasteiger partial charge in [-0.15, -0.1) is 11.3 Å². The maximum Gasteiger partial charge on any atom is 0.158 e. The molecule has 1 aliphatic rings. The molecule has 2 N–H and O–H groups in total. The van der Waals surface area contributed by atoms with Crippen molar-refractivity contribution in [3.05, 3.63) is 14.5 Å². The maximum absolute atomic E-state index is 5.09. The molecule has 0 amide bonds. The smallest absolute Gasteiger partial charge is 0.158 e. The fourth-order valence-corrected chi connectivity index (χ4v) is 2.78. The van der Waals surface area contributed by atoms with E-state index < -0.39 is 0 Å². The van der Waals surface area contributed by atoms with Gasteiger partial charge in [0, 0.05) is 29.6 Å². The van der Waals surface area contributed by atoms with Crippen LogP contribution in [-0.4, -0.2) is 11.0 Å². The Hall–Kier alpha value is -0.190. The van der Waals surface area contributed by atoms with Crippen LogP contribution in [0.5, 0.6) is 0 Å². The van der Waals surface area contributed by atoms with Crippen LogP contribution in [0.1, 0.15) is 23.9 Å². The van der Waals surface area contributed by atoms with E-state index in [2.05, 4.69) is 17.2 Å². The first-order chi connectivity index (χ1) is 5.79. The zero-order chi connectivity index (χ0) is 8.55. The average Bonchev–Trinajstić information content (AvgIpc) is 2.43. The van der Waals surface area contributed by atoms with Gasteiger partial charge in [-0.25, -0.2) is 0 Å². The lowest BCUT2D eigenvalue weighted by Gasteiger charge is -2.21. The summed E-state index contributed by atoms with van der Waals surface area (Å²) in [6, 6.07) is 0.637. The number of aromatic nitrogens is 1. The standard InChI is InChI=1S/C8H12N2S2/c1-2-5-3-6-7(4-9-5)12-8(11)10-6/h5,9H,2-4H2,1H3,(H,10,11)/t5-/m0/s1. The maximum atomic E-state index is 5.09. The van der Waals surface area contributed by atoms with E-state index in [0.29, 0.717) is 6.04 Å². The van der Waals surface area contributed by atoms with E-state index in [1.807, 2.05) is 0 Å². The Bertz CT molecular complexity index is 326. The van der Waals surface area contributed by atoms with Gasteiger partial charge in [0.05, 0.1) is 0 Å². The zero-order valence-corrected chi connectivity index (χ0v) is 8.65. The number of rotatable bonds is 1. The largest absolute Gasteiger partial charge is 0.341 e. The van der Waals surface area contributed by atoms with Crippen molar-refractivity contribution in [1.29, 1.82) is 0 Å². The SMILES string of the molecule is CC[C@H]1Cc2[nH]c(=S)sc2CN1. The second-order valence-corrected chi connectivity index (χ2v) is 4.88. The van der Waals surface area contributed by atoms with Crippen molar-refractivity contribution in [2.24, 2.45) is 0 Å².